The number of amides is 5. The van der Waals surface area contributed by atoms with Crippen molar-refractivity contribution < 1.29 is 24.0 Å². The molecule has 0 saturated heterocycles. The van der Waals surface area contributed by atoms with Gasteiger partial charge in [0.05, 0.1) is 0 Å². The molecule has 0 saturated carbocycles. The van der Waals surface area contributed by atoms with Crippen LogP contribution in [0.2, 0.25) is 0 Å². The predicted molar refractivity (Wildman–Crippen MR) is 226 cm³/mol. The van der Waals surface area contributed by atoms with Crippen LogP contribution in [0.1, 0.15) is 36.5 Å². The van der Waals surface area contributed by atoms with Crippen LogP contribution in [0.25, 0.3) is 10.8 Å². The number of carbonyl (C=O) groups is 5. The number of nitrogens with two attached hydrogens (primary N) is 3. The van der Waals surface area contributed by atoms with Crippen LogP contribution in [0.3, 0.4) is 0 Å². The first kappa shape index (κ1) is 42.0. The molecule has 10 N–H and O–H groups in total. The van der Waals surface area contributed by atoms with Crippen LogP contribution in [-0.4, -0.2) is 66.2 Å². The van der Waals surface area contributed by atoms with Gasteiger partial charge in [-0.15, -0.1) is 0 Å². The quantitative estimate of drug-likeness (QED) is 0.0342. The number of benzene rings is 4. The molecule has 0 aliphatic carbocycles. The van der Waals surface area contributed by atoms with Crippen molar-refractivity contribution in [2.24, 2.45) is 22.2 Å². The van der Waals surface area contributed by atoms with E-state index in [1.54, 1.807) is 0 Å². The van der Waals surface area contributed by atoms with Crippen LogP contribution >= 0.6 is 45.2 Å². The molecule has 13 nitrogen and oxygen atoms in total. The van der Waals surface area contributed by atoms with E-state index < -0.39 is 53.7 Å². The number of rotatable bonds is 18. The van der Waals surface area contributed by atoms with Crippen molar-refractivity contribution in [1.82, 2.24) is 21.3 Å². The Bertz CT molecular complexity index is 1970. The fourth-order valence-electron chi connectivity index (χ4n) is 5.79. The fourth-order valence-corrected chi connectivity index (χ4v) is 6.51. The van der Waals surface area contributed by atoms with Crippen LogP contribution in [0.15, 0.2) is 96.0 Å². The summed E-state index contributed by atoms with van der Waals surface area (Å²) < 4.78 is 1.99. The van der Waals surface area contributed by atoms with Gasteiger partial charge in [-0.2, -0.15) is 0 Å². The van der Waals surface area contributed by atoms with Crippen molar-refractivity contribution in [2.75, 3.05) is 6.54 Å². The number of fused-ring (bicyclic) bond motifs is 1. The lowest BCUT2D eigenvalue weighted by atomic mass is 10.00. The zero-order valence-corrected chi connectivity index (χ0v) is 34.0. The van der Waals surface area contributed by atoms with E-state index in [0.29, 0.717) is 6.42 Å². The van der Waals surface area contributed by atoms with E-state index in [1.807, 2.05) is 91.0 Å². The van der Waals surface area contributed by atoms with Crippen molar-refractivity contribution in [3.8, 4) is 0 Å². The highest BCUT2D eigenvalue weighted by molar-refractivity contribution is 14.1. The minimum absolute atomic E-state index is 0.0753. The number of nitrogens with one attached hydrogen (secondary N) is 4. The number of hydrogen-bond acceptors (Lipinski definition) is 6. The van der Waals surface area contributed by atoms with Gasteiger partial charge in [0.25, 0.3) is 0 Å². The predicted octanol–water partition coefficient (Wildman–Crippen LogP) is 2.57. The summed E-state index contributed by atoms with van der Waals surface area (Å²) in [5.41, 5.74) is 19.1. The van der Waals surface area contributed by atoms with Gasteiger partial charge in [0.15, 0.2) is 5.96 Å². The van der Waals surface area contributed by atoms with Crippen LogP contribution in [-0.2, 0) is 43.2 Å². The Hall–Kier alpha value is -4.78. The maximum Gasteiger partial charge on any atom is 0.243 e. The Labute approximate surface area is 341 Å². The first-order valence-corrected chi connectivity index (χ1v) is 19.4. The van der Waals surface area contributed by atoms with Crippen molar-refractivity contribution >= 4 is 91.4 Å². The molecule has 4 aromatic carbocycles. The molecule has 0 aromatic heterocycles. The number of nitrogens with zero attached hydrogens (tertiary/aromatic N) is 1. The van der Waals surface area contributed by atoms with E-state index in [0.717, 1.165) is 34.6 Å². The normalized spacial score (nSPS) is 13.1. The van der Waals surface area contributed by atoms with Crippen LogP contribution in [0.5, 0.6) is 0 Å². The summed E-state index contributed by atoms with van der Waals surface area (Å²) in [4.78, 5) is 70.6. The van der Waals surface area contributed by atoms with Crippen molar-refractivity contribution in [1.29, 1.82) is 0 Å². The molecule has 4 atom stereocenters. The summed E-state index contributed by atoms with van der Waals surface area (Å²) in [5, 5.41) is 13.0. The summed E-state index contributed by atoms with van der Waals surface area (Å²) >= 11 is 4.35. The molecule has 0 unspecified atom stereocenters. The average molecular weight is 959 g/mol. The summed E-state index contributed by atoms with van der Waals surface area (Å²) in [6.07, 6.45) is 0.793. The Morgan fingerprint density at radius 3 is 1.59 bits per heavy atom. The highest BCUT2D eigenvalue weighted by Crippen LogP contribution is 2.17. The number of guanidine groups is 1. The zero-order chi connectivity index (χ0) is 39.2. The molecule has 0 aliphatic heterocycles. The summed E-state index contributed by atoms with van der Waals surface area (Å²) in [6, 6.07) is 24.1. The maximum absolute atomic E-state index is 14.1. The Balaban J connectivity index is 1.57. The molecule has 54 heavy (non-hydrogen) atoms. The third kappa shape index (κ3) is 13.6. The third-order valence-corrected chi connectivity index (χ3v) is 9.96. The van der Waals surface area contributed by atoms with Gasteiger partial charge < -0.3 is 38.5 Å². The second-order valence-electron chi connectivity index (χ2n) is 12.8. The van der Waals surface area contributed by atoms with E-state index in [2.05, 4.69) is 71.4 Å². The second-order valence-corrected chi connectivity index (χ2v) is 15.3. The molecular formula is C39H44I2N8O5. The molecule has 284 valence electrons. The average Bonchev–Trinajstić information content (AvgIpc) is 3.13. The standard InChI is InChI=1S/C39H44I2N8O5/c1-23(50)46-33(20-24-9-14-29(40)15-10-24)37(53)47-31(7-4-18-45-39(43)44)36(52)49-34(21-25-11-16-30(41)17-12-25)38(54)48-32(35(42)51)22-26-8-13-27-5-2-3-6-28(27)19-26/h2-3,5-6,8-17,19,31-34H,4,7,18,20-22H2,1H3,(H2,42,51)(H,46,50)(H,47,53)(H,48,54)(H,49,52)(H4,43,44,45)/t31-,32+,33+,34+/m0/s1. The van der Waals surface area contributed by atoms with E-state index in [9.17, 15) is 24.0 Å². The van der Waals surface area contributed by atoms with Gasteiger partial charge in [-0.1, -0.05) is 66.7 Å². The molecule has 0 radical (unpaired) electrons. The number of carbonyl (C=O) groups excluding carboxylic acids is 5. The second kappa shape index (κ2) is 20.6. The van der Waals surface area contributed by atoms with Gasteiger partial charge in [0.2, 0.25) is 29.5 Å². The van der Waals surface area contributed by atoms with Crippen molar-refractivity contribution in [3.05, 3.63) is 115 Å². The van der Waals surface area contributed by atoms with E-state index in [-0.39, 0.29) is 38.2 Å². The smallest absolute Gasteiger partial charge is 0.243 e. The van der Waals surface area contributed by atoms with E-state index in [4.69, 9.17) is 17.2 Å². The van der Waals surface area contributed by atoms with Crippen LogP contribution in [0.4, 0.5) is 0 Å². The number of hydrogen-bond donors (Lipinski definition) is 7. The molecule has 0 spiro atoms. The minimum atomic E-state index is -1.16. The van der Waals surface area contributed by atoms with Gasteiger partial charge in [0, 0.05) is 39.9 Å². The van der Waals surface area contributed by atoms with E-state index in [1.165, 1.54) is 6.92 Å². The summed E-state index contributed by atoms with van der Waals surface area (Å²) in [6.45, 7) is 1.49. The highest BCUT2D eigenvalue weighted by atomic mass is 127. The van der Waals surface area contributed by atoms with Crippen LogP contribution in [0, 0.1) is 7.14 Å². The topological polar surface area (TPSA) is 224 Å². The number of halogens is 2. The monoisotopic (exact) mass is 958 g/mol. The fraction of sp³-hybridized carbons (Fsp3) is 0.282. The first-order valence-electron chi connectivity index (χ1n) is 17.3. The molecule has 0 aliphatic rings. The van der Waals surface area contributed by atoms with Gasteiger partial charge >= 0.3 is 0 Å². The first-order chi connectivity index (χ1) is 25.8. The van der Waals surface area contributed by atoms with Crippen LogP contribution < -0.4 is 38.5 Å². The minimum Gasteiger partial charge on any atom is -0.370 e. The Morgan fingerprint density at radius 1 is 0.593 bits per heavy atom. The molecular weight excluding hydrogens is 914 g/mol. The maximum atomic E-state index is 14.1. The van der Waals surface area contributed by atoms with E-state index >= 15 is 0 Å². The summed E-state index contributed by atoms with van der Waals surface area (Å²) in [7, 11) is 0. The molecule has 0 heterocycles. The van der Waals surface area contributed by atoms with Crippen molar-refractivity contribution in [3.63, 3.8) is 0 Å². The number of primary amides is 1. The molecule has 4 rings (SSSR count). The zero-order valence-electron chi connectivity index (χ0n) is 29.7. The highest BCUT2D eigenvalue weighted by Gasteiger charge is 2.31. The van der Waals surface area contributed by atoms with Gasteiger partial charge in [-0.05, 0) is 110 Å². The number of aliphatic imine (C=N–C) groups is 1. The largest absolute Gasteiger partial charge is 0.370 e. The molecule has 0 fully saturated rings. The van der Waals surface area contributed by atoms with Gasteiger partial charge in [-0.3, -0.25) is 29.0 Å². The lowest BCUT2D eigenvalue weighted by Gasteiger charge is -2.26. The molecule has 0 bridgehead atoms. The Kier molecular flexibility index (Phi) is 16.0. The van der Waals surface area contributed by atoms with Crippen molar-refractivity contribution in [2.45, 2.75) is 63.2 Å². The SMILES string of the molecule is CC(=O)N[C@H](Cc1ccc(I)cc1)C(=O)N[C@@H](CCCN=C(N)N)C(=O)N[C@H](Cc1ccc(I)cc1)C(=O)N[C@H](Cc1ccc2ccccc2c1)C(N)=O. The lowest BCUT2D eigenvalue weighted by Crippen LogP contribution is -2.59. The summed E-state index contributed by atoms with van der Waals surface area (Å²) in [5.74, 6) is -3.15. The third-order valence-electron chi connectivity index (χ3n) is 8.53. The molecule has 15 heteroatoms. The van der Waals surface area contributed by atoms with Gasteiger partial charge in [0.1, 0.15) is 24.2 Å². The lowest BCUT2D eigenvalue weighted by molar-refractivity contribution is -0.134. The Morgan fingerprint density at radius 2 is 1.06 bits per heavy atom. The molecule has 4 aromatic rings. The van der Waals surface area contributed by atoms with Gasteiger partial charge in [-0.25, -0.2) is 0 Å². The molecule has 5 amide bonds.